The lowest BCUT2D eigenvalue weighted by molar-refractivity contribution is 1.13. The average molecular weight is 394 g/mol. The molecule has 150 valence electrons. The summed E-state index contributed by atoms with van der Waals surface area (Å²) in [5.41, 5.74) is 12.7. The molecule has 0 heterocycles. The van der Waals surface area contributed by atoms with Crippen LogP contribution >= 0.6 is 0 Å². The maximum atomic E-state index is 3.68. The zero-order chi connectivity index (χ0) is 20.9. The molecule has 0 fully saturated rings. The Bertz CT molecular complexity index is 1120. The van der Waals surface area contributed by atoms with Gasteiger partial charge in [0, 0.05) is 5.69 Å². The standard InChI is InChI=1S/C27H27N3/c1-20-12-10-18-25(22(20)3)29-30(24-16-8-5-9-17-24)27-21(2)13-11-19-26(27)28-23-14-6-4-7-15-23/h4-19,28-29H,1-3H3. The fourth-order valence-corrected chi connectivity index (χ4v) is 3.55. The van der Waals surface area contributed by atoms with Crippen molar-refractivity contribution in [3.8, 4) is 0 Å². The van der Waals surface area contributed by atoms with Gasteiger partial charge < -0.3 is 5.32 Å². The fourth-order valence-electron chi connectivity index (χ4n) is 3.55. The largest absolute Gasteiger partial charge is 0.354 e. The van der Waals surface area contributed by atoms with Gasteiger partial charge >= 0.3 is 0 Å². The second kappa shape index (κ2) is 8.75. The van der Waals surface area contributed by atoms with Gasteiger partial charge in [-0.1, -0.05) is 60.7 Å². The Balaban J connectivity index is 1.82. The van der Waals surface area contributed by atoms with Crippen molar-refractivity contribution >= 4 is 28.4 Å². The first-order chi connectivity index (χ1) is 14.6. The Labute approximate surface area is 179 Å². The summed E-state index contributed by atoms with van der Waals surface area (Å²) in [6.45, 7) is 6.44. The van der Waals surface area contributed by atoms with E-state index in [0.717, 1.165) is 28.4 Å². The van der Waals surface area contributed by atoms with Crippen molar-refractivity contribution in [3.63, 3.8) is 0 Å². The maximum Gasteiger partial charge on any atom is 0.0894 e. The van der Waals surface area contributed by atoms with Crippen LogP contribution in [0.5, 0.6) is 0 Å². The van der Waals surface area contributed by atoms with Crippen LogP contribution in [0.15, 0.2) is 97.1 Å². The van der Waals surface area contributed by atoms with E-state index in [1.807, 2.05) is 24.3 Å². The summed E-state index contributed by atoms with van der Waals surface area (Å²) in [5.74, 6) is 0. The van der Waals surface area contributed by atoms with E-state index in [1.165, 1.54) is 16.7 Å². The lowest BCUT2D eigenvalue weighted by Crippen LogP contribution is -2.26. The molecule has 2 N–H and O–H groups in total. The Hall–Kier alpha value is -3.72. The number of para-hydroxylation sites is 3. The molecule has 0 saturated heterocycles. The molecule has 0 aliphatic heterocycles. The van der Waals surface area contributed by atoms with Crippen molar-refractivity contribution in [1.29, 1.82) is 0 Å². The summed E-state index contributed by atoms with van der Waals surface area (Å²) in [4.78, 5) is 0. The van der Waals surface area contributed by atoms with Gasteiger partial charge in [-0.3, -0.25) is 10.4 Å². The Morgan fingerprint density at radius 1 is 0.567 bits per heavy atom. The van der Waals surface area contributed by atoms with E-state index in [1.54, 1.807) is 0 Å². The van der Waals surface area contributed by atoms with Gasteiger partial charge in [0.25, 0.3) is 0 Å². The smallest absolute Gasteiger partial charge is 0.0894 e. The SMILES string of the molecule is Cc1cccc(NN(c2ccccc2)c2c(C)cccc2Nc2ccccc2)c1C. The number of rotatable bonds is 6. The van der Waals surface area contributed by atoms with Gasteiger partial charge in [0.15, 0.2) is 0 Å². The van der Waals surface area contributed by atoms with E-state index in [2.05, 4.69) is 109 Å². The highest BCUT2D eigenvalue weighted by atomic mass is 15.5. The molecule has 0 saturated carbocycles. The number of benzene rings is 4. The number of nitrogens with one attached hydrogen (secondary N) is 2. The van der Waals surface area contributed by atoms with E-state index >= 15 is 0 Å². The predicted octanol–water partition coefficient (Wildman–Crippen LogP) is 7.52. The van der Waals surface area contributed by atoms with Gasteiger partial charge in [0.2, 0.25) is 0 Å². The zero-order valence-electron chi connectivity index (χ0n) is 17.7. The molecule has 0 radical (unpaired) electrons. The normalized spacial score (nSPS) is 10.5. The third-order valence-electron chi connectivity index (χ3n) is 5.37. The van der Waals surface area contributed by atoms with Crippen molar-refractivity contribution in [2.45, 2.75) is 20.8 Å². The van der Waals surface area contributed by atoms with E-state index < -0.39 is 0 Å². The molecule has 4 aromatic rings. The molecule has 30 heavy (non-hydrogen) atoms. The molecule has 3 heteroatoms. The molecule has 0 atom stereocenters. The summed E-state index contributed by atoms with van der Waals surface area (Å²) < 4.78 is 0. The predicted molar refractivity (Wildman–Crippen MR) is 129 cm³/mol. The second-order valence-electron chi connectivity index (χ2n) is 7.49. The number of anilines is 5. The molecular formula is C27H27N3. The van der Waals surface area contributed by atoms with Crippen LogP contribution in [-0.2, 0) is 0 Å². The molecule has 0 aliphatic rings. The minimum absolute atomic E-state index is 1.04. The van der Waals surface area contributed by atoms with Crippen LogP contribution < -0.4 is 15.8 Å². The molecule has 0 aliphatic carbocycles. The summed E-state index contributed by atoms with van der Waals surface area (Å²) in [5, 5.41) is 5.76. The third kappa shape index (κ3) is 4.15. The quantitative estimate of drug-likeness (QED) is 0.332. The number of aryl methyl sites for hydroxylation is 2. The van der Waals surface area contributed by atoms with Gasteiger partial charge in [-0.2, -0.15) is 0 Å². The molecular weight excluding hydrogens is 366 g/mol. The Morgan fingerprint density at radius 2 is 1.17 bits per heavy atom. The zero-order valence-corrected chi connectivity index (χ0v) is 17.7. The molecule has 3 nitrogen and oxygen atoms in total. The molecule has 0 spiro atoms. The van der Waals surface area contributed by atoms with Gasteiger partial charge in [-0.15, -0.1) is 0 Å². The van der Waals surface area contributed by atoms with E-state index in [9.17, 15) is 0 Å². The number of hydrazine groups is 1. The molecule has 0 unspecified atom stereocenters. The molecule has 0 aromatic heterocycles. The lowest BCUT2D eigenvalue weighted by atomic mass is 10.1. The second-order valence-corrected chi connectivity index (χ2v) is 7.49. The summed E-state index contributed by atoms with van der Waals surface area (Å²) >= 11 is 0. The Kier molecular flexibility index (Phi) is 5.71. The monoisotopic (exact) mass is 393 g/mol. The fraction of sp³-hybridized carbons (Fsp3) is 0.111. The highest BCUT2D eigenvalue weighted by molar-refractivity contribution is 5.84. The van der Waals surface area contributed by atoms with Crippen LogP contribution in [0.25, 0.3) is 0 Å². The van der Waals surface area contributed by atoms with Crippen LogP contribution in [0.4, 0.5) is 28.4 Å². The molecule has 0 amide bonds. The van der Waals surface area contributed by atoms with Crippen LogP contribution in [0.3, 0.4) is 0 Å². The van der Waals surface area contributed by atoms with Gasteiger partial charge in [0.1, 0.15) is 0 Å². The van der Waals surface area contributed by atoms with Crippen molar-refractivity contribution in [2.24, 2.45) is 0 Å². The summed E-state index contributed by atoms with van der Waals surface area (Å²) in [6.07, 6.45) is 0. The van der Waals surface area contributed by atoms with Crippen LogP contribution in [0, 0.1) is 20.8 Å². The van der Waals surface area contributed by atoms with Crippen molar-refractivity contribution in [3.05, 3.63) is 114 Å². The van der Waals surface area contributed by atoms with E-state index in [4.69, 9.17) is 0 Å². The lowest BCUT2D eigenvalue weighted by Gasteiger charge is -2.31. The maximum absolute atomic E-state index is 3.68. The summed E-state index contributed by atoms with van der Waals surface area (Å²) in [6, 6.07) is 33.4. The average Bonchev–Trinajstić information content (AvgIpc) is 2.77. The van der Waals surface area contributed by atoms with Gasteiger partial charge in [-0.25, -0.2) is 0 Å². The topological polar surface area (TPSA) is 27.3 Å². The first-order valence-electron chi connectivity index (χ1n) is 10.2. The van der Waals surface area contributed by atoms with Crippen molar-refractivity contribution in [2.75, 3.05) is 15.8 Å². The first kappa shape index (κ1) is 19.6. The van der Waals surface area contributed by atoms with Crippen LogP contribution in [0.2, 0.25) is 0 Å². The number of nitrogens with zero attached hydrogens (tertiary/aromatic N) is 1. The summed E-state index contributed by atoms with van der Waals surface area (Å²) in [7, 11) is 0. The Morgan fingerprint density at radius 3 is 1.87 bits per heavy atom. The van der Waals surface area contributed by atoms with Crippen molar-refractivity contribution in [1.82, 2.24) is 0 Å². The van der Waals surface area contributed by atoms with E-state index in [0.29, 0.717) is 0 Å². The molecule has 4 rings (SSSR count). The molecule has 0 bridgehead atoms. The van der Waals surface area contributed by atoms with E-state index in [-0.39, 0.29) is 0 Å². The first-order valence-corrected chi connectivity index (χ1v) is 10.2. The third-order valence-corrected chi connectivity index (χ3v) is 5.37. The highest BCUT2D eigenvalue weighted by Crippen LogP contribution is 2.37. The minimum Gasteiger partial charge on any atom is -0.354 e. The van der Waals surface area contributed by atoms with Gasteiger partial charge in [0.05, 0.1) is 22.7 Å². The van der Waals surface area contributed by atoms with Crippen LogP contribution in [-0.4, -0.2) is 0 Å². The van der Waals surface area contributed by atoms with Crippen molar-refractivity contribution < 1.29 is 0 Å². The highest BCUT2D eigenvalue weighted by Gasteiger charge is 2.17. The minimum atomic E-state index is 1.04. The number of hydrogen-bond donors (Lipinski definition) is 2. The van der Waals surface area contributed by atoms with Gasteiger partial charge in [-0.05, 0) is 73.9 Å². The number of hydrogen-bond acceptors (Lipinski definition) is 3. The van der Waals surface area contributed by atoms with Crippen LogP contribution in [0.1, 0.15) is 16.7 Å². The molecule has 4 aromatic carbocycles.